The standard InChI is InChI=1S/C15H20F2N2O/c16-11-7-4-8-13(14(11)17)19-15(20)12(18)9-10-5-2-1-3-6-10/h4,7-8,10,12H,1-3,5-6,9,18H2,(H,19,20). The summed E-state index contributed by atoms with van der Waals surface area (Å²) in [4.78, 5) is 11.9. The zero-order valence-corrected chi connectivity index (χ0v) is 11.4. The van der Waals surface area contributed by atoms with Crippen LogP contribution in [0.3, 0.4) is 0 Å². The van der Waals surface area contributed by atoms with Gasteiger partial charge in [0, 0.05) is 0 Å². The highest BCUT2D eigenvalue weighted by molar-refractivity contribution is 5.94. The Morgan fingerprint density at radius 1 is 1.30 bits per heavy atom. The van der Waals surface area contributed by atoms with Crippen LogP contribution >= 0.6 is 0 Å². The topological polar surface area (TPSA) is 55.1 Å². The van der Waals surface area contributed by atoms with E-state index in [0.717, 1.165) is 18.9 Å². The van der Waals surface area contributed by atoms with Gasteiger partial charge in [-0.25, -0.2) is 8.78 Å². The van der Waals surface area contributed by atoms with Gasteiger partial charge in [0.05, 0.1) is 11.7 Å². The molecule has 1 aliphatic rings. The third-order valence-corrected chi connectivity index (χ3v) is 3.86. The molecule has 20 heavy (non-hydrogen) atoms. The summed E-state index contributed by atoms with van der Waals surface area (Å²) in [6, 6.07) is 3.00. The van der Waals surface area contributed by atoms with Crippen LogP contribution in [0.5, 0.6) is 0 Å². The first kappa shape index (κ1) is 14.9. The van der Waals surface area contributed by atoms with Gasteiger partial charge in [0.25, 0.3) is 0 Å². The molecule has 0 saturated heterocycles. The number of hydrogen-bond donors (Lipinski definition) is 2. The number of hydrogen-bond acceptors (Lipinski definition) is 2. The normalized spacial score (nSPS) is 17.8. The van der Waals surface area contributed by atoms with E-state index in [-0.39, 0.29) is 5.69 Å². The fourth-order valence-electron chi connectivity index (χ4n) is 2.71. The summed E-state index contributed by atoms with van der Waals surface area (Å²) in [7, 11) is 0. The van der Waals surface area contributed by atoms with E-state index in [1.807, 2.05) is 0 Å². The fourth-order valence-corrected chi connectivity index (χ4v) is 2.71. The van der Waals surface area contributed by atoms with Crippen molar-refractivity contribution in [2.45, 2.75) is 44.6 Å². The Morgan fingerprint density at radius 2 is 2.00 bits per heavy atom. The Kier molecular flexibility index (Phi) is 5.06. The van der Waals surface area contributed by atoms with E-state index in [9.17, 15) is 13.6 Å². The molecule has 0 heterocycles. The molecule has 0 spiro atoms. The minimum Gasteiger partial charge on any atom is -0.322 e. The molecule has 5 heteroatoms. The van der Waals surface area contributed by atoms with E-state index in [0.29, 0.717) is 12.3 Å². The maximum atomic E-state index is 13.5. The average Bonchev–Trinajstić information content (AvgIpc) is 2.45. The molecule has 1 unspecified atom stereocenters. The summed E-state index contributed by atoms with van der Waals surface area (Å²) in [5.41, 5.74) is 5.70. The molecule has 3 nitrogen and oxygen atoms in total. The summed E-state index contributed by atoms with van der Waals surface area (Å²) < 4.78 is 26.5. The molecule has 1 aromatic rings. The second-order valence-corrected chi connectivity index (χ2v) is 5.44. The molecular weight excluding hydrogens is 262 g/mol. The quantitative estimate of drug-likeness (QED) is 0.891. The molecule has 1 atom stereocenters. The van der Waals surface area contributed by atoms with Crippen molar-refractivity contribution in [3.8, 4) is 0 Å². The predicted molar refractivity (Wildman–Crippen MR) is 74.2 cm³/mol. The van der Waals surface area contributed by atoms with Crippen molar-refractivity contribution >= 4 is 11.6 Å². The van der Waals surface area contributed by atoms with Crippen LogP contribution in [0.1, 0.15) is 38.5 Å². The maximum Gasteiger partial charge on any atom is 0.241 e. The van der Waals surface area contributed by atoms with Gasteiger partial charge in [0.15, 0.2) is 11.6 Å². The first-order valence-corrected chi connectivity index (χ1v) is 7.08. The second-order valence-electron chi connectivity index (χ2n) is 5.44. The van der Waals surface area contributed by atoms with Crippen molar-refractivity contribution in [1.82, 2.24) is 0 Å². The summed E-state index contributed by atoms with van der Waals surface area (Å²) >= 11 is 0. The van der Waals surface area contributed by atoms with E-state index in [1.54, 1.807) is 0 Å². The number of anilines is 1. The molecule has 1 aliphatic carbocycles. The average molecular weight is 282 g/mol. The molecule has 3 N–H and O–H groups in total. The van der Waals surface area contributed by atoms with Crippen LogP contribution in [0.15, 0.2) is 18.2 Å². The first-order valence-electron chi connectivity index (χ1n) is 7.08. The van der Waals surface area contributed by atoms with Gasteiger partial charge in [-0.05, 0) is 24.5 Å². The second kappa shape index (κ2) is 6.79. The molecule has 1 amide bonds. The highest BCUT2D eigenvalue weighted by Gasteiger charge is 2.22. The van der Waals surface area contributed by atoms with Crippen molar-refractivity contribution in [3.05, 3.63) is 29.8 Å². The number of nitrogens with one attached hydrogen (secondary N) is 1. The van der Waals surface area contributed by atoms with Crippen molar-refractivity contribution in [1.29, 1.82) is 0 Å². The minimum atomic E-state index is -1.05. The lowest BCUT2D eigenvalue weighted by atomic mass is 9.85. The van der Waals surface area contributed by atoms with Crippen LogP contribution in [0.4, 0.5) is 14.5 Å². The summed E-state index contributed by atoms with van der Waals surface area (Å²) in [5, 5.41) is 2.36. The van der Waals surface area contributed by atoms with Crippen molar-refractivity contribution in [2.24, 2.45) is 11.7 Å². The lowest BCUT2D eigenvalue weighted by Gasteiger charge is -2.24. The Hall–Kier alpha value is -1.49. The summed E-state index contributed by atoms with van der Waals surface area (Å²) in [6.07, 6.45) is 6.38. The summed E-state index contributed by atoms with van der Waals surface area (Å²) in [6.45, 7) is 0. The molecular formula is C15H20F2N2O. The third-order valence-electron chi connectivity index (χ3n) is 3.86. The third kappa shape index (κ3) is 3.76. The van der Waals surface area contributed by atoms with Gasteiger partial charge in [-0.1, -0.05) is 38.2 Å². The van der Waals surface area contributed by atoms with Crippen LogP contribution in [0.2, 0.25) is 0 Å². The van der Waals surface area contributed by atoms with Crippen LogP contribution in [-0.4, -0.2) is 11.9 Å². The van der Waals surface area contributed by atoms with E-state index in [1.165, 1.54) is 31.4 Å². The SMILES string of the molecule is NC(CC1CCCCC1)C(=O)Nc1cccc(F)c1F. The lowest BCUT2D eigenvalue weighted by Crippen LogP contribution is -2.37. The van der Waals surface area contributed by atoms with Crippen LogP contribution in [0, 0.1) is 17.6 Å². The number of carbonyl (C=O) groups excluding carboxylic acids is 1. The van der Waals surface area contributed by atoms with Crippen molar-refractivity contribution < 1.29 is 13.6 Å². The van der Waals surface area contributed by atoms with Crippen LogP contribution < -0.4 is 11.1 Å². The number of nitrogens with two attached hydrogens (primary N) is 1. The van der Waals surface area contributed by atoms with Gasteiger partial charge >= 0.3 is 0 Å². The molecule has 1 saturated carbocycles. The Morgan fingerprint density at radius 3 is 2.70 bits per heavy atom. The molecule has 1 aromatic carbocycles. The highest BCUT2D eigenvalue weighted by atomic mass is 19.2. The Labute approximate surface area is 117 Å². The van der Waals surface area contributed by atoms with Gasteiger partial charge in [0.2, 0.25) is 5.91 Å². The monoisotopic (exact) mass is 282 g/mol. The molecule has 0 aliphatic heterocycles. The molecule has 0 aromatic heterocycles. The van der Waals surface area contributed by atoms with Gasteiger partial charge < -0.3 is 11.1 Å². The number of benzene rings is 1. The smallest absolute Gasteiger partial charge is 0.241 e. The van der Waals surface area contributed by atoms with Crippen molar-refractivity contribution in [2.75, 3.05) is 5.32 Å². The van der Waals surface area contributed by atoms with Crippen LogP contribution in [-0.2, 0) is 4.79 Å². The first-order chi connectivity index (χ1) is 9.58. The molecule has 0 radical (unpaired) electrons. The maximum absolute atomic E-state index is 13.5. The molecule has 1 fully saturated rings. The zero-order chi connectivity index (χ0) is 14.5. The molecule has 110 valence electrons. The largest absolute Gasteiger partial charge is 0.322 e. The number of halogens is 2. The van der Waals surface area contributed by atoms with Gasteiger partial charge in [-0.15, -0.1) is 0 Å². The minimum absolute atomic E-state index is 0.158. The Bertz CT molecular complexity index is 473. The molecule has 0 bridgehead atoms. The fraction of sp³-hybridized carbons (Fsp3) is 0.533. The van der Waals surface area contributed by atoms with Crippen LogP contribution in [0.25, 0.3) is 0 Å². The predicted octanol–water partition coefficient (Wildman–Crippen LogP) is 3.20. The summed E-state index contributed by atoms with van der Waals surface area (Å²) in [5.74, 6) is -2.03. The van der Waals surface area contributed by atoms with Gasteiger partial charge in [-0.2, -0.15) is 0 Å². The van der Waals surface area contributed by atoms with E-state index < -0.39 is 23.6 Å². The van der Waals surface area contributed by atoms with E-state index in [4.69, 9.17) is 5.73 Å². The molecule has 2 rings (SSSR count). The number of amides is 1. The van der Waals surface area contributed by atoms with E-state index >= 15 is 0 Å². The van der Waals surface area contributed by atoms with Gasteiger partial charge in [0.1, 0.15) is 0 Å². The van der Waals surface area contributed by atoms with E-state index in [2.05, 4.69) is 5.32 Å². The van der Waals surface area contributed by atoms with Crippen molar-refractivity contribution in [3.63, 3.8) is 0 Å². The Balaban J connectivity index is 1.91. The zero-order valence-electron chi connectivity index (χ0n) is 11.4. The number of carbonyl (C=O) groups is 1. The highest BCUT2D eigenvalue weighted by Crippen LogP contribution is 2.27. The number of rotatable bonds is 4. The van der Waals surface area contributed by atoms with Gasteiger partial charge in [-0.3, -0.25) is 4.79 Å². The lowest BCUT2D eigenvalue weighted by molar-refractivity contribution is -0.117.